The molecule has 0 bridgehead atoms. The number of nitrogens with one attached hydrogen (secondary N) is 1. The van der Waals surface area contributed by atoms with Gasteiger partial charge in [0, 0.05) is 5.54 Å². The fourth-order valence-corrected chi connectivity index (χ4v) is 2.94. The number of rotatable bonds is 4. The second kappa shape index (κ2) is 4.65. The molecule has 2 aliphatic rings. The van der Waals surface area contributed by atoms with Gasteiger partial charge in [-0.25, -0.2) is 0 Å². The largest absolute Gasteiger partial charge is 0.312 e. The van der Waals surface area contributed by atoms with Gasteiger partial charge in [-0.15, -0.1) is 0 Å². The molecule has 1 nitrogen and oxygen atoms in total. The van der Waals surface area contributed by atoms with Crippen LogP contribution in [0.1, 0.15) is 64.7 Å². The predicted octanol–water partition coefficient (Wildman–Crippen LogP) is 3.49. The molecule has 0 saturated heterocycles. The van der Waals surface area contributed by atoms with Gasteiger partial charge in [-0.1, -0.05) is 32.1 Å². The third-order valence-corrected chi connectivity index (χ3v) is 4.29. The van der Waals surface area contributed by atoms with Gasteiger partial charge in [0.2, 0.25) is 0 Å². The second-order valence-corrected chi connectivity index (χ2v) is 5.63. The van der Waals surface area contributed by atoms with Crippen molar-refractivity contribution in [1.82, 2.24) is 5.32 Å². The lowest BCUT2D eigenvalue weighted by Gasteiger charge is -2.40. The fraction of sp³-hybridized carbons (Fsp3) is 1.00. The summed E-state index contributed by atoms with van der Waals surface area (Å²) in [5, 5.41) is 3.74. The van der Waals surface area contributed by atoms with E-state index < -0.39 is 0 Å². The maximum atomic E-state index is 3.74. The van der Waals surface area contributed by atoms with Crippen LogP contribution < -0.4 is 5.32 Å². The average molecular weight is 195 g/mol. The van der Waals surface area contributed by atoms with Gasteiger partial charge in [0.05, 0.1) is 0 Å². The average Bonchev–Trinajstić information content (AvgIpc) is 2.17. The van der Waals surface area contributed by atoms with Crippen molar-refractivity contribution in [3.05, 3.63) is 0 Å². The predicted molar refractivity (Wildman–Crippen MR) is 61.5 cm³/mol. The van der Waals surface area contributed by atoms with Crippen LogP contribution in [0, 0.1) is 5.92 Å². The van der Waals surface area contributed by atoms with E-state index in [2.05, 4.69) is 12.2 Å². The lowest BCUT2D eigenvalue weighted by atomic mass is 9.78. The summed E-state index contributed by atoms with van der Waals surface area (Å²) in [7, 11) is 0. The molecule has 0 atom stereocenters. The van der Waals surface area contributed by atoms with Crippen LogP contribution in [0.5, 0.6) is 0 Å². The minimum atomic E-state index is 0.522. The van der Waals surface area contributed by atoms with Gasteiger partial charge in [-0.2, -0.15) is 0 Å². The Morgan fingerprint density at radius 3 is 2.36 bits per heavy atom. The van der Waals surface area contributed by atoms with E-state index in [1.54, 1.807) is 0 Å². The molecule has 0 aromatic heterocycles. The molecule has 0 aromatic carbocycles. The number of hydrogen-bond donors (Lipinski definition) is 1. The molecule has 0 spiro atoms. The van der Waals surface area contributed by atoms with Gasteiger partial charge in [0.25, 0.3) is 0 Å². The molecule has 2 aliphatic carbocycles. The van der Waals surface area contributed by atoms with Crippen molar-refractivity contribution < 1.29 is 0 Å². The van der Waals surface area contributed by atoms with Crippen molar-refractivity contribution in [1.29, 1.82) is 0 Å². The molecule has 1 N–H and O–H groups in total. The van der Waals surface area contributed by atoms with Gasteiger partial charge < -0.3 is 5.32 Å². The van der Waals surface area contributed by atoms with Gasteiger partial charge in [-0.3, -0.25) is 0 Å². The van der Waals surface area contributed by atoms with E-state index >= 15 is 0 Å². The second-order valence-electron chi connectivity index (χ2n) is 5.63. The molecule has 1 heteroatoms. The van der Waals surface area contributed by atoms with Crippen LogP contribution in [0.15, 0.2) is 0 Å². The van der Waals surface area contributed by atoms with E-state index in [4.69, 9.17) is 0 Å². The topological polar surface area (TPSA) is 12.0 Å². The summed E-state index contributed by atoms with van der Waals surface area (Å²) >= 11 is 0. The van der Waals surface area contributed by atoms with Gasteiger partial charge >= 0.3 is 0 Å². The van der Waals surface area contributed by atoms with E-state index in [1.807, 2.05) is 0 Å². The summed E-state index contributed by atoms with van der Waals surface area (Å²) in [5.41, 5.74) is 0.522. The summed E-state index contributed by atoms with van der Waals surface area (Å²) in [6, 6.07) is 0. The van der Waals surface area contributed by atoms with Crippen molar-refractivity contribution in [3.63, 3.8) is 0 Å². The molecule has 2 saturated carbocycles. The third kappa shape index (κ3) is 2.73. The third-order valence-electron chi connectivity index (χ3n) is 4.29. The molecular formula is C13H25N. The summed E-state index contributed by atoms with van der Waals surface area (Å²) in [6.45, 7) is 3.65. The van der Waals surface area contributed by atoms with Crippen LogP contribution in [-0.4, -0.2) is 12.1 Å². The van der Waals surface area contributed by atoms with Gasteiger partial charge in [-0.05, 0) is 45.1 Å². The molecule has 0 radical (unpaired) electrons. The smallest absolute Gasteiger partial charge is 0.0153 e. The van der Waals surface area contributed by atoms with Crippen molar-refractivity contribution in [3.8, 4) is 0 Å². The molecule has 0 aliphatic heterocycles. The van der Waals surface area contributed by atoms with Gasteiger partial charge in [0.15, 0.2) is 0 Å². The minimum Gasteiger partial charge on any atom is -0.312 e. The minimum absolute atomic E-state index is 0.522. The molecule has 2 rings (SSSR count). The zero-order valence-electron chi connectivity index (χ0n) is 9.65. The van der Waals surface area contributed by atoms with E-state index in [0.717, 1.165) is 5.92 Å². The molecule has 0 aromatic rings. The van der Waals surface area contributed by atoms with Crippen molar-refractivity contribution in [2.75, 3.05) is 6.54 Å². The quantitative estimate of drug-likeness (QED) is 0.724. The highest BCUT2D eigenvalue weighted by Crippen LogP contribution is 2.31. The Morgan fingerprint density at radius 2 is 1.79 bits per heavy atom. The van der Waals surface area contributed by atoms with E-state index in [0.29, 0.717) is 5.54 Å². The molecule has 0 heterocycles. The Balaban J connectivity index is 1.57. The van der Waals surface area contributed by atoms with Crippen LogP contribution in [0.2, 0.25) is 0 Å². The lowest BCUT2D eigenvalue weighted by Crippen LogP contribution is -2.48. The summed E-state index contributed by atoms with van der Waals surface area (Å²) in [5.74, 6) is 1.04. The standard InChI is InChI=1S/C13H25N/c1-13(9-5-10-13)14-11-8-12-6-3-2-4-7-12/h12,14H,2-11H2,1H3. The molecule has 82 valence electrons. The first-order valence-electron chi connectivity index (χ1n) is 6.54. The molecule has 2 fully saturated rings. The Bertz CT molecular complexity index is 166. The van der Waals surface area contributed by atoms with Gasteiger partial charge in [0.1, 0.15) is 0 Å². The molecule has 14 heavy (non-hydrogen) atoms. The SMILES string of the molecule is CC1(NCCC2CCCCC2)CCC1. The molecular weight excluding hydrogens is 170 g/mol. The first-order valence-corrected chi connectivity index (χ1v) is 6.54. The fourth-order valence-electron chi connectivity index (χ4n) is 2.94. The highest BCUT2D eigenvalue weighted by Gasteiger charge is 2.30. The summed E-state index contributed by atoms with van der Waals surface area (Å²) < 4.78 is 0. The van der Waals surface area contributed by atoms with Crippen molar-refractivity contribution in [2.24, 2.45) is 5.92 Å². The first-order chi connectivity index (χ1) is 6.79. The Morgan fingerprint density at radius 1 is 1.07 bits per heavy atom. The highest BCUT2D eigenvalue weighted by atomic mass is 15.0. The van der Waals surface area contributed by atoms with Crippen LogP contribution in [-0.2, 0) is 0 Å². The Hall–Kier alpha value is -0.0400. The molecule has 0 amide bonds. The first kappa shape index (κ1) is 10.5. The van der Waals surface area contributed by atoms with Crippen LogP contribution in [0.3, 0.4) is 0 Å². The van der Waals surface area contributed by atoms with E-state index in [1.165, 1.54) is 64.3 Å². The summed E-state index contributed by atoms with van der Waals surface area (Å²) in [6.07, 6.45) is 13.1. The Kier molecular flexibility index (Phi) is 3.48. The van der Waals surface area contributed by atoms with Crippen LogP contribution >= 0.6 is 0 Å². The summed E-state index contributed by atoms with van der Waals surface area (Å²) in [4.78, 5) is 0. The van der Waals surface area contributed by atoms with E-state index in [9.17, 15) is 0 Å². The van der Waals surface area contributed by atoms with Crippen molar-refractivity contribution >= 4 is 0 Å². The van der Waals surface area contributed by atoms with Crippen LogP contribution in [0.4, 0.5) is 0 Å². The van der Waals surface area contributed by atoms with Crippen LogP contribution in [0.25, 0.3) is 0 Å². The van der Waals surface area contributed by atoms with E-state index in [-0.39, 0.29) is 0 Å². The monoisotopic (exact) mass is 195 g/mol. The lowest BCUT2D eigenvalue weighted by molar-refractivity contribution is 0.200. The zero-order valence-corrected chi connectivity index (χ0v) is 9.65. The highest BCUT2D eigenvalue weighted by molar-refractivity contribution is 4.91. The van der Waals surface area contributed by atoms with Crippen molar-refractivity contribution in [2.45, 2.75) is 70.3 Å². The maximum absolute atomic E-state index is 3.74. The zero-order chi connectivity index (χ0) is 9.86. The molecule has 0 unspecified atom stereocenters. The normalized spacial score (nSPS) is 27.2. The Labute approximate surface area is 88.7 Å². The maximum Gasteiger partial charge on any atom is 0.0153 e. The number of hydrogen-bond acceptors (Lipinski definition) is 1.